The molecular weight excluding hydrogens is 272 g/mol. The molecule has 2 rings (SSSR count). The van der Waals surface area contributed by atoms with Crippen molar-refractivity contribution < 1.29 is 9.53 Å². The zero-order chi connectivity index (χ0) is 14.9. The van der Waals surface area contributed by atoms with E-state index in [0.29, 0.717) is 17.1 Å². The third-order valence-corrected chi connectivity index (χ3v) is 4.50. The van der Waals surface area contributed by atoms with Crippen LogP contribution in [-0.2, 0) is 4.74 Å². The van der Waals surface area contributed by atoms with Gasteiger partial charge >= 0.3 is 0 Å². The highest BCUT2D eigenvalue weighted by Crippen LogP contribution is 2.34. The molecule has 1 aromatic carbocycles. The number of benzene rings is 1. The van der Waals surface area contributed by atoms with E-state index in [1.54, 1.807) is 7.11 Å². The van der Waals surface area contributed by atoms with Crippen molar-refractivity contribution in [3.05, 3.63) is 28.6 Å². The quantitative estimate of drug-likeness (QED) is 0.910. The SMILES string of the molecule is COC(C)(C)CNC(=O)c1sc2ccc(C)cc2c1N. The van der Waals surface area contributed by atoms with Crippen molar-refractivity contribution in [1.82, 2.24) is 5.32 Å². The average molecular weight is 292 g/mol. The summed E-state index contributed by atoms with van der Waals surface area (Å²) < 4.78 is 6.32. The summed E-state index contributed by atoms with van der Waals surface area (Å²) in [5.41, 5.74) is 7.40. The van der Waals surface area contributed by atoms with Crippen molar-refractivity contribution in [3.63, 3.8) is 0 Å². The molecule has 0 aliphatic rings. The number of carbonyl (C=O) groups excluding carboxylic acids is 1. The molecule has 108 valence electrons. The maximum atomic E-state index is 12.2. The van der Waals surface area contributed by atoms with E-state index in [0.717, 1.165) is 15.6 Å². The van der Waals surface area contributed by atoms with E-state index in [9.17, 15) is 4.79 Å². The molecule has 20 heavy (non-hydrogen) atoms. The predicted octanol–water partition coefficient (Wildman–Crippen LogP) is 2.95. The van der Waals surface area contributed by atoms with Crippen LogP contribution in [0.1, 0.15) is 29.1 Å². The van der Waals surface area contributed by atoms with Crippen LogP contribution in [0.3, 0.4) is 0 Å². The van der Waals surface area contributed by atoms with Gasteiger partial charge in [0.1, 0.15) is 4.88 Å². The molecule has 0 aliphatic heterocycles. The van der Waals surface area contributed by atoms with Crippen LogP contribution >= 0.6 is 11.3 Å². The van der Waals surface area contributed by atoms with E-state index in [1.165, 1.54) is 11.3 Å². The normalized spacial score (nSPS) is 11.8. The largest absolute Gasteiger partial charge is 0.397 e. The number of nitrogen functional groups attached to an aromatic ring is 1. The first-order valence-electron chi connectivity index (χ1n) is 6.46. The van der Waals surface area contributed by atoms with Crippen LogP contribution in [0.15, 0.2) is 18.2 Å². The molecule has 0 bridgehead atoms. The van der Waals surface area contributed by atoms with Gasteiger partial charge in [-0.15, -0.1) is 11.3 Å². The Bertz CT molecular complexity index is 647. The third-order valence-electron chi connectivity index (χ3n) is 3.32. The topological polar surface area (TPSA) is 64.3 Å². The Morgan fingerprint density at radius 2 is 2.15 bits per heavy atom. The molecule has 0 saturated carbocycles. The molecule has 0 saturated heterocycles. The summed E-state index contributed by atoms with van der Waals surface area (Å²) in [7, 11) is 1.63. The second-order valence-corrected chi connectivity index (χ2v) is 6.54. The lowest BCUT2D eigenvalue weighted by Gasteiger charge is -2.22. The maximum Gasteiger partial charge on any atom is 0.263 e. The molecule has 3 N–H and O–H groups in total. The van der Waals surface area contributed by atoms with Gasteiger partial charge in [-0.1, -0.05) is 11.6 Å². The van der Waals surface area contributed by atoms with Gasteiger partial charge in [-0.05, 0) is 32.9 Å². The monoisotopic (exact) mass is 292 g/mol. The Balaban J connectivity index is 2.25. The number of nitrogens with two attached hydrogens (primary N) is 1. The third kappa shape index (κ3) is 2.94. The number of thiophene rings is 1. The molecule has 0 unspecified atom stereocenters. The molecular formula is C15H20N2O2S. The molecule has 0 aliphatic carbocycles. The first-order chi connectivity index (χ1) is 9.34. The number of nitrogens with one attached hydrogen (secondary N) is 1. The van der Waals surface area contributed by atoms with Crippen molar-refractivity contribution in [3.8, 4) is 0 Å². The minimum atomic E-state index is -0.391. The van der Waals surface area contributed by atoms with Crippen molar-refractivity contribution in [2.45, 2.75) is 26.4 Å². The van der Waals surface area contributed by atoms with Crippen molar-refractivity contribution in [2.75, 3.05) is 19.4 Å². The van der Waals surface area contributed by atoms with Gasteiger partial charge in [-0.2, -0.15) is 0 Å². The Morgan fingerprint density at radius 3 is 2.80 bits per heavy atom. The van der Waals surface area contributed by atoms with Gasteiger partial charge in [0.25, 0.3) is 5.91 Å². The zero-order valence-electron chi connectivity index (χ0n) is 12.2. The average Bonchev–Trinajstić information content (AvgIpc) is 2.74. The minimum absolute atomic E-state index is 0.147. The molecule has 0 spiro atoms. The first kappa shape index (κ1) is 14.8. The highest BCUT2D eigenvalue weighted by Gasteiger charge is 2.21. The molecule has 2 aromatic rings. The number of methoxy groups -OCH3 is 1. The zero-order valence-corrected chi connectivity index (χ0v) is 13.1. The number of anilines is 1. The number of hydrogen-bond acceptors (Lipinski definition) is 4. The van der Waals surface area contributed by atoms with Gasteiger partial charge in [0.15, 0.2) is 0 Å². The van der Waals surface area contributed by atoms with E-state index in [-0.39, 0.29) is 5.91 Å². The maximum absolute atomic E-state index is 12.2. The van der Waals surface area contributed by atoms with Crippen molar-refractivity contribution in [1.29, 1.82) is 0 Å². The summed E-state index contributed by atoms with van der Waals surface area (Å²) in [6, 6.07) is 6.03. The second kappa shape index (κ2) is 5.42. The van der Waals surface area contributed by atoms with E-state index in [2.05, 4.69) is 5.32 Å². The van der Waals surface area contributed by atoms with Crippen LogP contribution < -0.4 is 11.1 Å². The van der Waals surface area contributed by atoms with E-state index in [4.69, 9.17) is 10.5 Å². The van der Waals surface area contributed by atoms with Crippen LogP contribution in [0.4, 0.5) is 5.69 Å². The Morgan fingerprint density at radius 1 is 1.45 bits per heavy atom. The van der Waals surface area contributed by atoms with Crippen LogP contribution in [0, 0.1) is 6.92 Å². The smallest absolute Gasteiger partial charge is 0.263 e. The summed E-state index contributed by atoms with van der Waals surface area (Å²) in [4.78, 5) is 12.8. The lowest BCUT2D eigenvalue weighted by Crippen LogP contribution is -2.39. The number of amides is 1. The van der Waals surface area contributed by atoms with E-state index < -0.39 is 5.60 Å². The van der Waals surface area contributed by atoms with Gasteiger partial charge in [0, 0.05) is 23.7 Å². The highest BCUT2D eigenvalue weighted by atomic mass is 32.1. The number of carbonyl (C=O) groups is 1. The molecule has 0 radical (unpaired) electrons. The van der Waals surface area contributed by atoms with Crippen LogP contribution in [0.2, 0.25) is 0 Å². The minimum Gasteiger partial charge on any atom is -0.397 e. The molecule has 4 nitrogen and oxygen atoms in total. The summed E-state index contributed by atoms with van der Waals surface area (Å²) in [5.74, 6) is -0.147. The molecule has 0 fully saturated rings. The number of fused-ring (bicyclic) bond motifs is 1. The van der Waals surface area contributed by atoms with Gasteiger partial charge in [-0.3, -0.25) is 4.79 Å². The summed E-state index contributed by atoms with van der Waals surface area (Å²) >= 11 is 1.42. The van der Waals surface area contributed by atoms with Gasteiger partial charge in [0.2, 0.25) is 0 Å². The van der Waals surface area contributed by atoms with Crippen molar-refractivity contribution >= 4 is 33.0 Å². The lowest BCUT2D eigenvalue weighted by atomic mass is 10.1. The summed E-state index contributed by atoms with van der Waals surface area (Å²) in [6.45, 7) is 6.29. The highest BCUT2D eigenvalue weighted by molar-refractivity contribution is 7.21. The summed E-state index contributed by atoms with van der Waals surface area (Å²) in [5, 5.41) is 3.82. The standard InChI is InChI=1S/C15H20N2O2S/c1-9-5-6-11-10(7-9)12(16)13(20-11)14(18)17-8-15(2,3)19-4/h5-7H,8,16H2,1-4H3,(H,17,18). The number of ether oxygens (including phenoxy) is 1. The molecule has 1 amide bonds. The van der Waals surface area contributed by atoms with Gasteiger partial charge < -0.3 is 15.8 Å². The number of aryl methyl sites for hydroxylation is 1. The van der Waals surface area contributed by atoms with E-state index in [1.807, 2.05) is 39.0 Å². The van der Waals surface area contributed by atoms with Gasteiger partial charge in [-0.25, -0.2) is 0 Å². The molecule has 1 heterocycles. The Kier molecular flexibility index (Phi) is 4.01. The Labute approximate surface area is 122 Å². The molecule has 1 aromatic heterocycles. The first-order valence-corrected chi connectivity index (χ1v) is 7.28. The number of rotatable bonds is 4. The lowest BCUT2D eigenvalue weighted by molar-refractivity contribution is 0.0229. The second-order valence-electron chi connectivity index (χ2n) is 5.49. The fourth-order valence-electron chi connectivity index (χ4n) is 1.84. The predicted molar refractivity (Wildman–Crippen MR) is 84.4 cm³/mol. The van der Waals surface area contributed by atoms with Crippen LogP contribution in [-0.4, -0.2) is 25.2 Å². The van der Waals surface area contributed by atoms with Gasteiger partial charge in [0.05, 0.1) is 11.3 Å². The molecule has 5 heteroatoms. The van der Waals surface area contributed by atoms with E-state index >= 15 is 0 Å². The van der Waals surface area contributed by atoms with Crippen LogP contribution in [0.25, 0.3) is 10.1 Å². The van der Waals surface area contributed by atoms with Crippen LogP contribution in [0.5, 0.6) is 0 Å². The molecule has 0 atom stereocenters. The fourth-order valence-corrected chi connectivity index (χ4v) is 2.86. The summed E-state index contributed by atoms with van der Waals surface area (Å²) in [6.07, 6.45) is 0. The Hall–Kier alpha value is -1.59. The fraction of sp³-hybridized carbons (Fsp3) is 0.400. The number of hydrogen-bond donors (Lipinski definition) is 2. The van der Waals surface area contributed by atoms with Crippen molar-refractivity contribution in [2.24, 2.45) is 0 Å².